The Hall–Kier alpha value is -1.07. The van der Waals surface area contributed by atoms with E-state index in [-0.39, 0.29) is 30.1 Å². The highest BCUT2D eigenvalue weighted by atomic mass is 32.2. The molecule has 0 aromatic heterocycles. The number of benzene rings is 1. The van der Waals surface area contributed by atoms with Crippen LogP contribution in [0.25, 0.3) is 0 Å². The van der Waals surface area contributed by atoms with Crippen molar-refractivity contribution in [1.82, 2.24) is 0 Å². The van der Waals surface area contributed by atoms with Crippen molar-refractivity contribution in [1.29, 1.82) is 0 Å². The van der Waals surface area contributed by atoms with E-state index in [1.54, 1.807) is 24.3 Å². The lowest BCUT2D eigenvalue weighted by atomic mass is 9.89. The standard InChI is InChI=1S/C12H16O4S/c13-11-4-2-1-3-10(11)9-12(14)5-7-17(15,16)8-6-12/h1-4,13-14H,5-9H2. The van der Waals surface area contributed by atoms with Gasteiger partial charge < -0.3 is 10.2 Å². The summed E-state index contributed by atoms with van der Waals surface area (Å²) < 4.78 is 22.6. The number of hydrogen-bond donors (Lipinski definition) is 2. The summed E-state index contributed by atoms with van der Waals surface area (Å²) in [4.78, 5) is 0. The molecule has 0 bridgehead atoms. The smallest absolute Gasteiger partial charge is 0.150 e. The zero-order valence-corrected chi connectivity index (χ0v) is 10.3. The maximum absolute atomic E-state index is 11.3. The predicted octanol–water partition coefficient (Wildman–Crippen LogP) is 0.874. The maximum Gasteiger partial charge on any atom is 0.150 e. The van der Waals surface area contributed by atoms with Gasteiger partial charge in [0.05, 0.1) is 17.1 Å². The van der Waals surface area contributed by atoms with E-state index in [1.165, 1.54) is 0 Å². The van der Waals surface area contributed by atoms with Gasteiger partial charge in [0.2, 0.25) is 0 Å². The first kappa shape index (κ1) is 12.4. The first-order valence-corrected chi connectivity index (χ1v) is 7.42. The molecule has 1 saturated heterocycles. The lowest BCUT2D eigenvalue weighted by Crippen LogP contribution is -2.40. The zero-order chi connectivity index (χ0) is 12.5. The Kier molecular flexibility index (Phi) is 3.14. The quantitative estimate of drug-likeness (QED) is 0.823. The second-order valence-electron chi connectivity index (χ2n) is 4.68. The Morgan fingerprint density at radius 1 is 1.18 bits per heavy atom. The van der Waals surface area contributed by atoms with Crippen molar-refractivity contribution >= 4 is 9.84 Å². The third-order valence-corrected chi connectivity index (χ3v) is 4.92. The van der Waals surface area contributed by atoms with Crippen LogP contribution in [-0.2, 0) is 16.3 Å². The monoisotopic (exact) mass is 256 g/mol. The largest absolute Gasteiger partial charge is 0.508 e. The molecule has 2 N–H and O–H groups in total. The van der Waals surface area contributed by atoms with E-state index >= 15 is 0 Å². The summed E-state index contributed by atoms with van der Waals surface area (Å²) in [6.45, 7) is 0. The first-order chi connectivity index (χ1) is 7.90. The van der Waals surface area contributed by atoms with Crippen LogP contribution in [0.2, 0.25) is 0 Å². The minimum atomic E-state index is -2.98. The molecule has 0 saturated carbocycles. The van der Waals surface area contributed by atoms with Crippen LogP contribution in [0.1, 0.15) is 18.4 Å². The second kappa shape index (κ2) is 4.31. The topological polar surface area (TPSA) is 74.6 Å². The number of rotatable bonds is 2. The number of hydrogen-bond acceptors (Lipinski definition) is 4. The fraction of sp³-hybridized carbons (Fsp3) is 0.500. The van der Waals surface area contributed by atoms with Crippen molar-refractivity contribution in [3.63, 3.8) is 0 Å². The lowest BCUT2D eigenvalue weighted by Gasteiger charge is -2.32. The van der Waals surface area contributed by atoms with Crippen molar-refractivity contribution in [3.05, 3.63) is 29.8 Å². The van der Waals surface area contributed by atoms with Crippen molar-refractivity contribution in [2.24, 2.45) is 0 Å². The fourth-order valence-corrected chi connectivity index (χ4v) is 3.70. The van der Waals surface area contributed by atoms with E-state index < -0.39 is 15.4 Å². The Morgan fingerprint density at radius 3 is 2.35 bits per heavy atom. The average molecular weight is 256 g/mol. The van der Waals surface area contributed by atoms with Crippen LogP contribution < -0.4 is 0 Å². The van der Waals surface area contributed by atoms with Crippen molar-refractivity contribution < 1.29 is 18.6 Å². The van der Waals surface area contributed by atoms with Gasteiger partial charge in [-0.15, -0.1) is 0 Å². The molecule has 1 fully saturated rings. The SMILES string of the molecule is O=S1(=O)CCC(O)(Cc2ccccc2O)CC1. The molecular weight excluding hydrogens is 240 g/mol. The Labute approximate surface area is 101 Å². The Balaban J connectivity index is 2.12. The highest BCUT2D eigenvalue weighted by Gasteiger charge is 2.35. The van der Waals surface area contributed by atoms with Gasteiger partial charge in [-0.05, 0) is 24.5 Å². The molecule has 1 aliphatic rings. The van der Waals surface area contributed by atoms with Gasteiger partial charge in [0.25, 0.3) is 0 Å². The summed E-state index contributed by atoms with van der Waals surface area (Å²) in [7, 11) is -2.98. The normalized spacial score (nSPS) is 22.2. The van der Waals surface area contributed by atoms with Crippen LogP contribution in [0.15, 0.2) is 24.3 Å². The van der Waals surface area contributed by atoms with Crippen LogP contribution in [0.3, 0.4) is 0 Å². The number of phenolic OH excluding ortho intramolecular Hbond substituents is 1. The summed E-state index contributed by atoms with van der Waals surface area (Å²) in [6.07, 6.45) is 0.780. The number of aromatic hydroxyl groups is 1. The molecule has 0 atom stereocenters. The van der Waals surface area contributed by atoms with Gasteiger partial charge in [0.1, 0.15) is 5.75 Å². The average Bonchev–Trinajstić information content (AvgIpc) is 2.27. The molecule has 1 aromatic carbocycles. The zero-order valence-electron chi connectivity index (χ0n) is 9.46. The molecule has 0 amide bonds. The molecule has 4 nitrogen and oxygen atoms in total. The molecule has 0 unspecified atom stereocenters. The molecule has 1 heterocycles. The molecule has 94 valence electrons. The molecule has 0 aliphatic carbocycles. The van der Waals surface area contributed by atoms with Gasteiger partial charge >= 0.3 is 0 Å². The van der Waals surface area contributed by atoms with Crippen LogP contribution >= 0.6 is 0 Å². The molecule has 17 heavy (non-hydrogen) atoms. The first-order valence-electron chi connectivity index (χ1n) is 5.60. The number of phenols is 1. The van der Waals surface area contributed by atoms with Gasteiger partial charge in [-0.25, -0.2) is 8.42 Å². The lowest BCUT2D eigenvalue weighted by molar-refractivity contribution is 0.0301. The van der Waals surface area contributed by atoms with Crippen molar-refractivity contribution in [2.75, 3.05) is 11.5 Å². The summed E-state index contributed by atoms with van der Waals surface area (Å²) in [6, 6.07) is 6.82. The van der Waals surface area contributed by atoms with Crippen LogP contribution in [0.5, 0.6) is 5.75 Å². The third kappa shape index (κ3) is 2.98. The van der Waals surface area contributed by atoms with Gasteiger partial charge in [0, 0.05) is 6.42 Å². The van der Waals surface area contributed by atoms with Crippen LogP contribution in [0.4, 0.5) is 0 Å². The van der Waals surface area contributed by atoms with Crippen LogP contribution in [0, 0.1) is 0 Å². The van der Waals surface area contributed by atoms with Gasteiger partial charge in [-0.2, -0.15) is 0 Å². The van der Waals surface area contributed by atoms with Crippen LogP contribution in [-0.4, -0.2) is 35.7 Å². The van der Waals surface area contributed by atoms with E-state index in [1.807, 2.05) is 0 Å². The molecular formula is C12H16O4S. The van der Waals surface area contributed by atoms with E-state index in [0.717, 1.165) is 0 Å². The molecule has 1 aromatic rings. The summed E-state index contributed by atoms with van der Waals surface area (Å²) in [5.41, 5.74) is -0.348. The van der Waals surface area contributed by atoms with Gasteiger partial charge in [-0.1, -0.05) is 18.2 Å². The predicted molar refractivity (Wildman–Crippen MR) is 64.6 cm³/mol. The third-order valence-electron chi connectivity index (χ3n) is 3.27. The maximum atomic E-state index is 11.3. The molecule has 0 spiro atoms. The van der Waals surface area contributed by atoms with Gasteiger partial charge in [-0.3, -0.25) is 0 Å². The number of sulfone groups is 1. The minimum absolute atomic E-state index is 0.0249. The van der Waals surface area contributed by atoms with Gasteiger partial charge in [0.15, 0.2) is 9.84 Å². The fourth-order valence-electron chi connectivity index (χ4n) is 2.11. The Bertz CT molecular complexity index is 493. The number of para-hydroxylation sites is 1. The van der Waals surface area contributed by atoms with Crippen molar-refractivity contribution in [3.8, 4) is 5.75 Å². The molecule has 2 rings (SSSR count). The summed E-state index contributed by atoms with van der Waals surface area (Å²) in [5.74, 6) is 0.197. The van der Waals surface area contributed by atoms with E-state index in [9.17, 15) is 18.6 Å². The van der Waals surface area contributed by atoms with Crippen molar-refractivity contribution in [2.45, 2.75) is 24.9 Å². The van der Waals surface area contributed by atoms with E-state index in [4.69, 9.17) is 0 Å². The molecule has 1 aliphatic heterocycles. The highest BCUT2D eigenvalue weighted by molar-refractivity contribution is 7.91. The second-order valence-corrected chi connectivity index (χ2v) is 6.99. The Morgan fingerprint density at radius 2 is 1.76 bits per heavy atom. The highest BCUT2D eigenvalue weighted by Crippen LogP contribution is 2.30. The molecule has 5 heteroatoms. The summed E-state index contributed by atoms with van der Waals surface area (Å²) >= 11 is 0. The number of aliphatic hydroxyl groups is 1. The minimum Gasteiger partial charge on any atom is -0.508 e. The van der Waals surface area contributed by atoms with E-state index in [2.05, 4.69) is 0 Å². The van der Waals surface area contributed by atoms with E-state index in [0.29, 0.717) is 12.0 Å². The molecule has 0 radical (unpaired) electrons. The summed E-state index contributed by atoms with van der Waals surface area (Å²) in [5, 5.41) is 19.9.